The lowest BCUT2D eigenvalue weighted by Gasteiger charge is -2.08. The molecule has 1 rings (SSSR count). The van der Waals surface area contributed by atoms with Crippen molar-refractivity contribution in [1.82, 2.24) is 0 Å². The molecule has 60 valence electrons. The smallest absolute Gasteiger partial charge is 0.207 e. The Balaban J connectivity index is 3.08. The Morgan fingerprint density at radius 2 is 2.00 bits per heavy atom. The summed E-state index contributed by atoms with van der Waals surface area (Å²) >= 11 is 0.803. The van der Waals surface area contributed by atoms with E-state index in [1.807, 2.05) is 0 Å². The van der Waals surface area contributed by atoms with Gasteiger partial charge in [-0.1, -0.05) is 0 Å². The summed E-state index contributed by atoms with van der Waals surface area (Å²) in [5.74, 6) is -0.296. The maximum atomic E-state index is 11.2. The van der Waals surface area contributed by atoms with Crippen molar-refractivity contribution in [1.29, 1.82) is 0 Å². The van der Waals surface area contributed by atoms with Gasteiger partial charge in [-0.25, -0.2) is 0 Å². The zero-order valence-corrected chi connectivity index (χ0v) is 7.07. The van der Waals surface area contributed by atoms with E-state index in [0.29, 0.717) is 6.26 Å². The average molecular weight is 172 g/mol. The van der Waals surface area contributed by atoms with Crippen LogP contribution in [0.4, 0.5) is 0 Å². The van der Waals surface area contributed by atoms with E-state index in [-0.39, 0.29) is 15.8 Å². The first kappa shape index (κ1) is 8.33. The zero-order chi connectivity index (χ0) is 8.65. The van der Waals surface area contributed by atoms with Crippen molar-refractivity contribution >= 4 is 22.7 Å². The lowest BCUT2D eigenvalue weighted by atomic mass is 9.90. The Bertz CT molecular complexity index is 252. The summed E-state index contributed by atoms with van der Waals surface area (Å²) in [5.41, 5.74) is -0.959. The maximum absolute atomic E-state index is 11.2. The fraction of sp³-hybridized carbons (Fsp3) is 0.429. The fourth-order valence-electron chi connectivity index (χ4n) is 0.759. The van der Waals surface area contributed by atoms with Crippen LogP contribution in [-0.2, 0) is 9.59 Å². The van der Waals surface area contributed by atoms with Crippen LogP contribution < -0.4 is 0 Å². The van der Waals surface area contributed by atoms with E-state index in [2.05, 4.69) is 0 Å². The van der Waals surface area contributed by atoms with Gasteiger partial charge in [0.05, 0.1) is 16.6 Å². The second-order valence-corrected chi connectivity index (χ2v) is 3.85. The molecular weight excluding hydrogens is 164 g/mol. The summed E-state index contributed by atoms with van der Waals surface area (Å²) in [5, 5.41) is 8.32. The van der Waals surface area contributed by atoms with Crippen molar-refractivity contribution in [2.24, 2.45) is 5.41 Å². The number of aliphatic hydroxyl groups is 1. The van der Waals surface area contributed by atoms with Gasteiger partial charge in [0.2, 0.25) is 5.12 Å². The topological polar surface area (TPSA) is 54.4 Å². The van der Waals surface area contributed by atoms with Crippen LogP contribution in [0, 0.1) is 5.41 Å². The number of carbonyl (C=O) groups is 2. The second kappa shape index (κ2) is 2.37. The molecule has 0 amide bonds. The molecule has 0 aromatic carbocycles. The molecule has 1 N–H and O–H groups in total. The van der Waals surface area contributed by atoms with Crippen LogP contribution in [0.15, 0.2) is 11.2 Å². The number of thioether (sulfide) groups is 1. The predicted molar refractivity (Wildman–Crippen MR) is 42.1 cm³/mol. The largest absolute Gasteiger partial charge is 0.514 e. The van der Waals surface area contributed by atoms with Gasteiger partial charge in [-0.3, -0.25) is 9.59 Å². The number of ketones is 1. The normalized spacial score (nSPS) is 26.5. The zero-order valence-electron chi connectivity index (χ0n) is 6.25. The molecule has 1 heterocycles. The van der Waals surface area contributed by atoms with Gasteiger partial charge in [0.25, 0.3) is 0 Å². The Labute approximate surface area is 68.5 Å². The monoisotopic (exact) mass is 172 g/mol. The highest BCUT2D eigenvalue weighted by atomic mass is 32.2. The van der Waals surface area contributed by atoms with Gasteiger partial charge in [-0.15, -0.1) is 0 Å². The molecular formula is C7H8O3S. The molecule has 1 aliphatic heterocycles. The first-order valence-corrected chi connectivity index (χ1v) is 3.93. The standard InChI is InChI=1S/C7H8O3S/c1-7(2)5(9)4(3-8)11-6(7)10/h3,8H,1-2H3/b4-3+. The molecule has 0 bridgehead atoms. The van der Waals surface area contributed by atoms with Crippen LogP contribution in [0.25, 0.3) is 0 Å². The Morgan fingerprint density at radius 1 is 1.45 bits per heavy atom. The van der Waals surface area contributed by atoms with E-state index in [9.17, 15) is 9.59 Å². The third-order valence-electron chi connectivity index (χ3n) is 1.62. The van der Waals surface area contributed by atoms with Gasteiger partial charge in [-0.2, -0.15) is 0 Å². The molecule has 0 aromatic heterocycles. The van der Waals surface area contributed by atoms with Gasteiger partial charge in [-0.05, 0) is 25.6 Å². The summed E-state index contributed by atoms with van der Waals surface area (Å²) in [7, 11) is 0. The average Bonchev–Trinajstić information content (AvgIpc) is 2.14. The number of allylic oxidation sites excluding steroid dienone is 1. The number of carbonyl (C=O) groups excluding carboxylic acids is 2. The molecule has 11 heavy (non-hydrogen) atoms. The molecule has 1 saturated heterocycles. The predicted octanol–water partition coefficient (Wildman–Crippen LogP) is 1.25. The molecule has 0 atom stereocenters. The van der Waals surface area contributed by atoms with E-state index < -0.39 is 5.41 Å². The van der Waals surface area contributed by atoms with Gasteiger partial charge >= 0.3 is 0 Å². The molecule has 3 nitrogen and oxygen atoms in total. The van der Waals surface area contributed by atoms with Crippen molar-refractivity contribution in [2.75, 3.05) is 0 Å². The summed E-state index contributed by atoms with van der Waals surface area (Å²) in [6.45, 7) is 3.11. The van der Waals surface area contributed by atoms with Crippen molar-refractivity contribution in [3.05, 3.63) is 11.2 Å². The van der Waals surface area contributed by atoms with E-state index >= 15 is 0 Å². The lowest BCUT2D eigenvalue weighted by Crippen LogP contribution is -2.24. The van der Waals surface area contributed by atoms with Crippen LogP contribution in [0.2, 0.25) is 0 Å². The van der Waals surface area contributed by atoms with Crippen molar-refractivity contribution < 1.29 is 14.7 Å². The maximum Gasteiger partial charge on any atom is 0.207 e. The van der Waals surface area contributed by atoms with E-state index in [1.54, 1.807) is 13.8 Å². The lowest BCUT2D eigenvalue weighted by molar-refractivity contribution is -0.129. The molecule has 1 aliphatic rings. The highest BCUT2D eigenvalue weighted by Gasteiger charge is 2.45. The number of rotatable bonds is 0. The number of aliphatic hydroxyl groups excluding tert-OH is 1. The Kier molecular flexibility index (Phi) is 1.80. The van der Waals surface area contributed by atoms with Gasteiger partial charge in [0.15, 0.2) is 5.78 Å². The number of hydrogen-bond donors (Lipinski definition) is 1. The highest BCUT2D eigenvalue weighted by Crippen LogP contribution is 2.41. The second-order valence-electron chi connectivity index (χ2n) is 2.84. The van der Waals surface area contributed by atoms with Crippen LogP contribution in [-0.4, -0.2) is 16.0 Å². The van der Waals surface area contributed by atoms with Crippen molar-refractivity contribution in [3.8, 4) is 0 Å². The van der Waals surface area contributed by atoms with Crippen LogP contribution >= 0.6 is 11.8 Å². The van der Waals surface area contributed by atoms with Crippen LogP contribution in [0.5, 0.6) is 0 Å². The molecule has 0 radical (unpaired) electrons. The minimum absolute atomic E-state index is 0.139. The third kappa shape index (κ3) is 1.07. The molecule has 0 spiro atoms. The quantitative estimate of drug-likeness (QED) is 0.339. The van der Waals surface area contributed by atoms with Gasteiger partial charge in [0.1, 0.15) is 0 Å². The molecule has 0 saturated carbocycles. The SMILES string of the molecule is CC1(C)C(=O)S/C(=C/O)C1=O. The third-order valence-corrected chi connectivity index (χ3v) is 2.83. The van der Waals surface area contributed by atoms with Gasteiger partial charge in [0, 0.05) is 0 Å². The molecule has 1 fully saturated rings. The summed E-state index contributed by atoms with van der Waals surface area (Å²) in [4.78, 5) is 22.4. The van der Waals surface area contributed by atoms with Crippen molar-refractivity contribution in [2.45, 2.75) is 13.8 Å². The number of Topliss-reactive ketones (excluding diaryl/α,β-unsaturated/α-hetero) is 1. The van der Waals surface area contributed by atoms with Gasteiger partial charge < -0.3 is 5.11 Å². The summed E-state index contributed by atoms with van der Waals surface area (Å²) < 4.78 is 0. The Morgan fingerprint density at radius 3 is 2.18 bits per heavy atom. The first-order valence-electron chi connectivity index (χ1n) is 3.11. The van der Waals surface area contributed by atoms with E-state index in [0.717, 1.165) is 11.8 Å². The highest BCUT2D eigenvalue weighted by molar-refractivity contribution is 8.18. The van der Waals surface area contributed by atoms with Crippen LogP contribution in [0.1, 0.15) is 13.8 Å². The summed E-state index contributed by atoms with van der Waals surface area (Å²) in [6.07, 6.45) is 0.694. The fourth-order valence-corrected chi connectivity index (χ4v) is 1.71. The Hall–Kier alpha value is -0.770. The molecule has 4 heteroatoms. The van der Waals surface area contributed by atoms with E-state index in [4.69, 9.17) is 5.11 Å². The minimum Gasteiger partial charge on any atom is -0.514 e. The molecule has 0 aliphatic carbocycles. The minimum atomic E-state index is -0.959. The molecule has 0 unspecified atom stereocenters. The summed E-state index contributed by atoms with van der Waals surface area (Å²) in [6, 6.07) is 0. The first-order chi connectivity index (χ1) is 5.00. The van der Waals surface area contributed by atoms with E-state index in [1.165, 1.54) is 0 Å². The van der Waals surface area contributed by atoms with Crippen molar-refractivity contribution in [3.63, 3.8) is 0 Å². The molecule has 0 aromatic rings. The van der Waals surface area contributed by atoms with Crippen LogP contribution in [0.3, 0.4) is 0 Å². The number of hydrogen-bond acceptors (Lipinski definition) is 4.